The highest BCUT2D eigenvalue weighted by Gasteiger charge is 2.45. The molecule has 1 fully saturated rings. The number of carboxylic acid groups (broad SMARTS) is 1. The molecule has 0 radical (unpaired) electrons. The van der Waals surface area contributed by atoms with Gasteiger partial charge < -0.3 is 24.8 Å². The van der Waals surface area contributed by atoms with Crippen LogP contribution >= 0.6 is 0 Å². The fraction of sp³-hybridized carbons (Fsp3) is 0.679. The Hall–Kier alpha value is -2.61. The van der Waals surface area contributed by atoms with E-state index in [0.29, 0.717) is 6.61 Å². The van der Waals surface area contributed by atoms with Crippen LogP contribution in [0.5, 0.6) is 0 Å². The maximum atomic E-state index is 13.5. The number of nitrogens with one attached hydrogen (secondary N) is 1. The molecule has 0 spiro atoms. The van der Waals surface area contributed by atoms with Crippen molar-refractivity contribution in [2.45, 2.75) is 96.7 Å². The molecule has 0 aliphatic carbocycles. The van der Waals surface area contributed by atoms with Gasteiger partial charge in [-0.3, -0.25) is 4.79 Å². The number of cyclic esters (lactones) is 1. The van der Waals surface area contributed by atoms with Crippen LogP contribution in [-0.4, -0.2) is 65.9 Å². The zero-order valence-corrected chi connectivity index (χ0v) is 22.0. The lowest BCUT2D eigenvalue weighted by molar-refractivity contribution is -0.150. The summed E-state index contributed by atoms with van der Waals surface area (Å²) < 4.78 is 11.4. The number of fused-ring (bicyclic) bond motifs is 3. The SMILES string of the molecule is CC(C)(C)[C@@H]1NC(=O)OCCCCCCCc2ccccc2CCCO[C@@H]2C[C@@H](C(=O)O)N(C2)C1=O. The van der Waals surface area contributed by atoms with Crippen molar-refractivity contribution in [2.24, 2.45) is 5.41 Å². The van der Waals surface area contributed by atoms with Gasteiger partial charge in [-0.2, -0.15) is 0 Å². The first-order valence-electron chi connectivity index (χ1n) is 13.3. The Balaban J connectivity index is 1.74. The molecule has 2 aliphatic heterocycles. The largest absolute Gasteiger partial charge is 0.480 e. The number of hydrogen-bond donors (Lipinski definition) is 2. The summed E-state index contributed by atoms with van der Waals surface area (Å²) in [4.78, 5) is 39.3. The lowest BCUT2D eigenvalue weighted by Gasteiger charge is -2.34. The first-order valence-corrected chi connectivity index (χ1v) is 13.3. The number of hydrogen-bond acceptors (Lipinski definition) is 5. The molecule has 8 nitrogen and oxygen atoms in total. The van der Waals surface area contributed by atoms with E-state index in [1.165, 1.54) is 16.0 Å². The second-order valence-corrected chi connectivity index (χ2v) is 11.0. The molecule has 1 aromatic rings. The molecule has 3 rings (SSSR count). The summed E-state index contributed by atoms with van der Waals surface area (Å²) in [5.74, 6) is -1.48. The third kappa shape index (κ3) is 7.95. The van der Waals surface area contributed by atoms with Gasteiger partial charge in [0.1, 0.15) is 12.1 Å². The first kappa shape index (κ1) is 28.0. The minimum absolute atomic E-state index is 0.190. The molecule has 2 heterocycles. The Kier molecular flexibility index (Phi) is 10.2. The summed E-state index contributed by atoms with van der Waals surface area (Å²) in [7, 11) is 0. The van der Waals surface area contributed by atoms with Crippen LogP contribution in [0, 0.1) is 5.41 Å². The number of carbonyl (C=O) groups excluding carboxylic acids is 2. The van der Waals surface area contributed by atoms with Crippen molar-refractivity contribution in [3.63, 3.8) is 0 Å². The van der Waals surface area contributed by atoms with Gasteiger partial charge >= 0.3 is 12.1 Å². The number of alkyl carbamates (subject to hydrolysis) is 1. The Bertz CT molecular complexity index is 896. The Labute approximate surface area is 214 Å². The number of benzene rings is 1. The number of ether oxygens (including phenoxy) is 2. The highest BCUT2D eigenvalue weighted by molar-refractivity contribution is 5.90. The van der Waals surface area contributed by atoms with Gasteiger partial charge in [-0.25, -0.2) is 9.59 Å². The van der Waals surface area contributed by atoms with Gasteiger partial charge in [0.05, 0.1) is 12.7 Å². The molecule has 8 heteroatoms. The number of carbonyl (C=O) groups is 3. The molecule has 2 bridgehead atoms. The topological polar surface area (TPSA) is 105 Å². The maximum absolute atomic E-state index is 13.5. The zero-order chi connectivity index (χ0) is 26.1. The third-order valence-electron chi connectivity index (χ3n) is 7.09. The monoisotopic (exact) mass is 502 g/mol. The maximum Gasteiger partial charge on any atom is 0.407 e. The van der Waals surface area contributed by atoms with Crippen molar-refractivity contribution in [1.29, 1.82) is 0 Å². The lowest BCUT2D eigenvalue weighted by Crippen LogP contribution is -2.56. The van der Waals surface area contributed by atoms with Crippen LogP contribution in [0.2, 0.25) is 0 Å². The average molecular weight is 503 g/mol. The van der Waals surface area contributed by atoms with E-state index < -0.39 is 35.5 Å². The van der Waals surface area contributed by atoms with E-state index in [-0.39, 0.29) is 25.7 Å². The predicted octanol–water partition coefficient (Wildman–Crippen LogP) is 4.34. The number of aryl methyl sites for hydroxylation is 2. The van der Waals surface area contributed by atoms with Crippen LogP contribution in [0.4, 0.5) is 4.79 Å². The molecule has 1 aromatic carbocycles. The van der Waals surface area contributed by atoms with Crippen molar-refractivity contribution < 1.29 is 29.0 Å². The smallest absolute Gasteiger partial charge is 0.407 e. The minimum Gasteiger partial charge on any atom is -0.480 e. The number of amides is 2. The van der Waals surface area contributed by atoms with Gasteiger partial charge in [0.25, 0.3) is 0 Å². The molecule has 2 N–H and O–H groups in total. The number of nitrogens with zero attached hydrogens (tertiary/aromatic N) is 1. The van der Waals surface area contributed by atoms with Crippen molar-refractivity contribution in [3.05, 3.63) is 35.4 Å². The van der Waals surface area contributed by atoms with Crippen molar-refractivity contribution in [1.82, 2.24) is 10.2 Å². The number of aliphatic carboxylic acids is 1. The van der Waals surface area contributed by atoms with E-state index in [4.69, 9.17) is 9.47 Å². The molecule has 0 unspecified atom stereocenters. The molecule has 2 amide bonds. The number of carboxylic acids is 1. The van der Waals surface area contributed by atoms with Crippen LogP contribution in [-0.2, 0) is 31.9 Å². The average Bonchev–Trinajstić information content (AvgIpc) is 3.26. The minimum atomic E-state index is -1.06. The normalized spacial score (nSPS) is 25.8. The van der Waals surface area contributed by atoms with E-state index in [2.05, 4.69) is 29.6 Å². The van der Waals surface area contributed by atoms with Crippen LogP contribution in [0.1, 0.15) is 76.8 Å². The standard InChI is InChI=1S/C28H42N2O6/c1-28(2,3)24-25(31)30-19-22(18-23(30)26(32)33)35-17-11-15-21-14-9-8-13-20(21)12-7-5-4-6-10-16-36-27(34)29-24/h8-9,13-14,22-24H,4-7,10-12,15-19H2,1-3H3,(H,29,34)(H,32,33)/t22-,23+,24-/m1/s1. The van der Waals surface area contributed by atoms with E-state index in [1.807, 2.05) is 20.8 Å². The molecule has 2 aliphatic rings. The number of rotatable bonds is 1. The Morgan fingerprint density at radius 2 is 1.61 bits per heavy atom. The highest BCUT2D eigenvalue weighted by Crippen LogP contribution is 2.27. The van der Waals surface area contributed by atoms with E-state index in [9.17, 15) is 19.5 Å². The van der Waals surface area contributed by atoms with Crippen LogP contribution < -0.4 is 5.32 Å². The zero-order valence-electron chi connectivity index (χ0n) is 22.0. The van der Waals surface area contributed by atoms with E-state index in [0.717, 1.165) is 51.4 Å². The van der Waals surface area contributed by atoms with Crippen LogP contribution in [0.15, 0.2) is 24.3 Å². The summed E-state index contributed by atoms with van der Waals surface area (Å²) in [6, 6.07) is 6.64. The van der Waals surface area contributed by atoms with Gasteiger partial charge in [0, 0.05) is 19.6 Å². The summed E-state index contributed by atoms with van der Waals surface area (Å²) in [6.45, 7) is 6.51. The first-order chi connectivity index (χ1) is 17.2. The Morgan fingerprint density at radius 3 is 2.28 bits per heavy atom. The summed E-state index contributed by atoms with van der Waals surface area (Å²) >= 11 is 0. The fourth-order valence-electron chi connectivity index (χ4n) is 5.04. The second kappa shape index (κ2) is 13.1. The lowest BCUT2D eigenvalue weighted by atomic mass is 9.85. The molecule has 200 valence electrons. The van der Waals surface area contributed by atoms with Gasteiger partial charge in [0.2, 0.25) is 5.91 Å². The quantitative estimate of drug-likeness (QED) is 0.592. The van der Waals surface area contributed by atoms with Crippen molar-refractivity contribution >= 4 is 18.0 Å². The summed E-state index contributed by atoms with van der Waals surface area (Å²) in [5.41, 5.74) is 2.09. The molecule has 36 heavy (non-hydrogen) atoms. The van der Waals surface area contributed by atoms with Crippen LogP contribution in [0.3, 0.4) is 0 Å². The predicted molar refractivity (Wildman–Crippen MR) is 137 cm³/mol. The Morgan fingerprint density at radius 1 is 0.972 bits per heavy atom. The second-order valence-electron chi connectivity index (χ2n) is 11.0. The molecular weight excluding hydrogens is 460 g/mol. The molecular formula is C28H42N2O6. The van der Waals surface area contributed by atoms with Gasteiger partial charge in [-0.05, 0) is 48.6 Å². The molecule has 3 atom stereocenters. The third-order valence-corrected chi connectivity index (χ3v) is 7.09. The van der Waals surface area contributed by atoms with Crippen molar-refractivity contribution in [3.8, 4) is 0 Å². The van der Waals surface area contributed by atoms with E-state index in [1.54, 1.807) is 0 Å². The van der Waals surface area contributed by atoms with Gasteiger partial charge in [-0.15, -0.1) is 0 Å². The van der Waals surface area contributed by atoms with Gasteiger partial charge in [0.15, 0.2) is 0 Å². The summed E-state index contributed by atoms with van der Waals surface area (Å²) in [6.07, 6.45) is 7.09. The van der Waals surface area contributed by atoms with E-state index >= 15 is 0 Å². The van der Waals surface area contributed by atoms with Gasteiger partial charge in [-0.1, -0.05) is 64.3 Å². The molecule has 1 saturated heterocycles. The van der Waals surface area contributed by atoms with Crippen LogP contribution in [0.25, 0.3) is 0 Å². The highest BCUT2D eigenvalue weighted by atomic mass is 16.5. The van der Waals surface area contributed by atoms with Crippen molar-refractivity contribution in [2.75, 3.05) is 19.8 Å². The molecule has 0 saturated carbocycles. The summed E-state index contributed by atoms with van der Waals surface area (Å²) in [5, 5.41) is 12.5. The fourth-order valence-corrected chi connectivity index (χ4v) is 5.04. The molecule has 0 aromatic heterocycles.